The summed E-state index contributed by atoms with van der Waals surface area (Å²) in [6, 6.07) is 0.580. The average molecular weight is 224 g/mol. The van der Waals surface area contributed by atoms with Gasteiger partial charge in [0.05, 0.1) is 0 Å². The smallest absolute Gasteiger partial charge is 0.160 e. The molecule has 16 heavy (non-hydrogen) atoms. The molecule has 0 radical (unpaired) electrons. The fourth-order valence-electron chi connectivity index (χ4n) is 2.41. The fraction of sp³-hybridized carbons (Fsp3) is 0.800. The van der Waals surface area contributed by atoms with Crippen LogP contribution in [0.4, 0.5) is 0 Å². The van der Waals surface area contributed by atoms with Crippen molar-refractivity contribution in [3.05, 3.63) is 12.7 Å². The monoisotopic (exact) mass is 224 g/mol. The highest BCUT2D eigenvalue weighted by Gasteiger charge is 2.34. The van der Waals surface area contributed by atoms with E-state index in [0.717, 1.165) is 12.8 Å². The van der Waals surface area contributed by atoms with Gasteiger partial charge in [-0.25, -0.2) is 4.58 Å². The van der Waals surface area contributed by atoms with E-state index in [9.17, 15) is 0 Å². The molecule has 0 aliphatic rings. The van der Waals surface area contributed by atoms with E-state index in [1.807, 2.05) is 0 Å². The molecular formula is C15H30N+. The molecule has 0 fully saturated rings. The molecule has 0 rings (SSSR count). The first-order valence-electron chi connectivity index (χ1n) is 6.65. The van der Waals surface area contributed by atoms with Crippen molar-refractivity contribution in [2.45, 2.75) is 65.8 Å². The molecule has 0 aromatic rings. The highest BCUT2D eigenvalue weighted by atomic mass is 15.0. The Morgan fingerprint density at radius 3 is 2.38 bits per heavy atom. The van der Waals surface area contributed by atoms with Gasteiger partial charge in [-0.15, -0.1) is 6.58 Å². The minimum Gasteiger partial charge on any atom is -0.239 e. The summed E-state index contributed by atoms with van der Waals surface area (Å²) in [5, 5.41) is 0. The quantitative estimate of drug-likeness (QED) is 0.329. The van der Waals surface area contributed by atoms with Crippen LogP contribution in [-0.2, 0) is 0 Å². The molecule has 0 saturated heterocycles. The maximum Gasteiger partial charge on any atom is 0.160 e. The first-order valence-corrected chi connectivity index (χ1v) is 6.65. The van der Waals surface area contributed by atoms with Crippen molar-refractivity contribution < 1.29 is 4.58 Å². The van der Waals surface area contributed by atoms with E-state index in [1.54, 1.807) is 0 Å². The van der Waals surface area contributed by atoms with E-state index >= 15 is 0 Å². The predicted molar refractivity (Wildman–Crippen MR) is 74.4 cm³/mol. The number of hydrogen-bond donors (Lipinski definition) is 0. The average Bonchev–Trinajstić information content (AvgIpc) is 2.23. The van der Waals surface area contributed by atoms with E-state index in [2.05, 4.69) is 58.2 Å². The summed E-state index contributed by atoms with van der Waals surface area (Å²) in [4.78, 5) is 0. The zero-order chi connectivity index (χ0) is 12.6. The predicted octanol–water partition coefficient (Wildman–Crippen LogP) is 4.27. The van der Waals surface area contributed by atoms with Crippen molar-refractivity contribution in [1.82, 2.24) is 0 Å². The van der Waals surface area contributed by atoms with Gasteiger partial charge in [0, 0.05) is 18.3 Å². The van der Waals surface area contributed by atoms with Crippen molar-refractivity contribution in [1.29, 1.82) is 0 Å². The molecule has 0 saturated carbocycles. The molecule has 1 atom stereocenters. The van der Waals surface area contributed by atoms with Gasteiger partial charge in [0.25, 0.3) is 0 Å². The third-order valence-electron chi connectivity index (χ3n) is 3.43. The minimum absolute atomic E-state index is 0.366. The van der Waals surface area contributed by atoms with Crippen LogP contribution >= 0.6 is 0 Å². The lowest BCUT2D eigenvalue weighted by Gasteiger charge is -2.30. The molecular weight excluding hydrogens is 194 g/mol. The molecule has 0 N–H and O–H groups in total. The Labute approximate surface area is 102 Å². The first kappa shape index (κ1) is 15.4. The Morgan fingerprint density at radius 1 is 1.31 bits per heavy atom. The second kappa shape index (κ2) is 7.65. The third kappa shape index (κ3) is 4.96. The second-order valence-electron chi connectivity index (χ2n) is 5.39. The topological polar surface area (TPSA) is 3.01 Å². The van der Waals surface area contributed by atoms with Crippen molar-refractivity contribution in [3.8, 4) is 0 Å². The first-order chi connectivity index (χ1) is 7.49. The Bertz CT molecular complexity index is 226. The SMILES string of the molecule is C=CCC([N+](C)=CCC)C(C)(C)CCCC. The standard InChI is InChI=1S/C15H30N/c1-7-10-12-15(4,5)14(11-8-2)16(6)13-9-3/h8,13-14H,2,7,9-12H2,1,3-6H3/q+1. The van der Waals surface area contributed by atoms with Crippen LogP contribution in [0.1, 0.15) is 59.8 Å². The molecule has 1 nitrogen and oxygen atoms in total. The summed E-state index contributed by atoms with van der Waals surface area (Å²) >= 11 is 0. The molecule has 94 valence electrons. The largest absolute Gasteiger partial charge is 0.239 e. The van der Waals surface area contributed by atoms with Gasteiger partial charge in [0.1, 0.15) is 13.3 Å². The number of rotatable bonds is 8. The zero-order valence-corrected chi connectivity index (χ0v) is 11.9. The molecule has 0 aliphatic carbocycles. The van der Waals surface area contributed by atoms with E-state index in [-0.39, 0.29) is 0 Å². The Morgan fingerprint density at radius 2 is 1.94 bits per heavy atom. The lowest BCUT2D eigenvalue weighted by Crippen LogP contribution is -2.38. The van der Waals surface area contributed by atoms with Crippen LogP contribution in [-0.4, -0.2) is 23.9 Å². The van der Waals surface area contributed by atoms with Crippen molar-refractivity contribution in [3.63, 3.8) is 0 Å². The van der Waals surface area contributed by atoms with Crippen LogP contribution in [0.2, 0.25) is 0 Å². The Hall–Kier alpha value is -0.590. The van der Waals surface area contributed by atoms with E-state index in [0.29, 0.717) is 11.5 Å². The van der Waals surface area contributed by atoms with Crippen LogP contribution in [0.15, 0.2) is 12.7 Å². The van der Waals surface area contributed by atoms with E-state index in [1.165, 1.54) is 19.3 Å². The molecule has 1 unspecified atom stereocenters. The highest BCUT2D eigenvalue weighted by Crippen LogP contribution is 2.31. The van der Waals surface area contributed by atoms with Gasteiger partial charge in [0.15, 0.2) is 6.04 Å². The maximum atomic E-state index is 3.90. The summed E-state index contributed by atoms with van der Waals surface area (Å²) in [5.74, 6) is 0. The number of hydrogen-bond acceptors (Lipinski definition) is 0. The number of unbranched alkanes of at least 4 members (excludes halogenated alkanes) is 1. The Kier molecular flexibility index (Phi) is 7.36. The molecule has 0 aliphatic heterocycles. The minimum atomic E-state index is 0.366. The zero-order valence-electron chi connectivity index (χ0n) is 11.9. The van der Waals surface area contributed by atoms with Gasteiger partial charge in [-0.3, -0.25) is 0 Å². The lowest BCUT2D eigenvalue weighted by molar-refractivity contribution is -0.552. The molecule has 0 aromatic carbocycles. The van der Waals surface area contributed by atoms with Gasteiger partial charge in [-0.2, -0.15) is 0 Å². The van der Waals surface area contributed by atoms with Gasteiger partial charge in [0.2, 0.25) is 0 Å². The lowest BCUT2D eigenvalue weighted by atomic mass is 9.78. The van der Waals surface area contributed by atoms with Crippen LogP contribution in [0, 0.1) is 5.41 Å². The molecule has 0 bridgehead atoms. The van der Waals surface area contributed by atoms with Gasteiger partial charge >= 0.3 is 0 Å². The summed E-state index contributed by atoms with van der Waals surface area (Å²) < 4.78 is 2.39. The second-order valence-corrected chi connectivity index (χ2v) is 5.39. The normalized spacial score (nSPS) is 14.9. The van der Waals surface area contributed by atoms with Crippen molar-refractivity contribution in [2.24, 2.45) is 5.41 Å². The molecule has 1 heteroatoms. The highest BCUT2D eigenvalue weighted by molar-refractivity contribution is 5.50. The van der Waals surface area contributed by atoms with Crippen LogP contribution in [0.5, 0.6) is 0 Å². The number of nitrogens with zero attached hydrogens (tertiary/aromatic N) is 1. The van der Waals surface area contributed by atoms with Crippen molar-refractivity contribution >= 4 is 6.21 Å². The van der Waals surface area contributed by atoms with E-state index in [4.69, 9.17) is 0 Å². The summed E-state index contributed by atoms with van der Waals surface area (Å²) in [7, 11) is 2.20. The third-order valence-corrected chi connectivity index (χ3v) is 3.43. The summed E-state index contributed by atoms with van der Waals surface area (Å²) in [5.41, 5.74) is 0.366. The van der Waals surface area contributed by atoms with Gasteiger partial charge in [-0.1, -0.05) is 46.6 Å². The maximum absolute atomic E-state index is 3.90. The van der Waals surface area contributed by atoms with Gasteiger partial charge < -0.3 is 0 Å². The van der Waals surface area contributed by atoms with Crippen molar-refractivity contribution in [2.75, 3.05) is 7.05 Å². The molecule has 0 amide bonds. The van der Waals surface area contributed by atoms with Gasteiger partial charge in [-0.05, 0) is 6.42 Å². The molecule has 0 heterocycles. The molecule has 0 spiro atoms. The summed E-state index contributed by atoms with van der Waals surface area (Å²) in [6.45, 7) is 13.1. The van der Waals surface area contributed by atoms with Crippen LogP contribution in [0.25, 0.3) is 0 Å². The van der Waals surface area contributed by atoms with Crippen LogP contribution in [0.3, 0.4) is 0 Å². The fourth-order valence-corrected chi connectivity index (χ4v) is 2.41. The summed E-state index contributed by atoms with van der Waals surface area (Å²) in [6.07, 6.45) is 10.4. The molecule has 0 aromatic heterocycles. The Balaban J connectivity index is 4.73. The van der Waals surface area contributed by atoms with E-state index < -0.39 is 0 Å². The van der Waals surface area contributed by atoms with Crippen LogP contribution < -0.4 is 0 Å².